The molecular formula is C18H16N4O4. The molecular weight excluding hydrogens is 336 g/mol. The highest BCUT2D eigenvalue weighted by Crippen LogP contribution is 2.14. The largest absolute Gasteiger partial charge is 0.462 e. The van der Waals surface area contributed by atoms with Crippen LogP contribution < -0.4 is 10.9 Å². The van der Waals surface area contributed by atoms with Crippen LogP contribution >= 0.6 is 0 Å². The number of carbonyl (C=O) groups excluding carboxylic acids is 2. The van der Waals surface area contributed by atoms with E-state index in [0.717, 1.165) is 4.68 Å². The lowest BCUT2D eigenvalue weighted by Crippen LogP contribution is -2.23. The van der Waals surface area contributed by atoms with Crippen molar-refractivity contribution < 1.29 is 14.3 Å². The van der Waals surface area contributed by atoms with Crippen LogP contribution in [-0.2, 0) is 16.6 Å². The molecule has 0 radical (unpaired) electrons. The molecule has 1 aromatic carbocycles. The van der Waals surface area contributed by atoms with Crippen LogP contribution in [0.5, 0.6) is 0 Å². The van der Waals surface area contributed by atoms with E-state index in [4.69, 9.17) is 10.00 Å². The second-order valence-corrected chi connectivity index (χ2v) is 5.15. The van der Waals surface area contributed by atoms with Crippen molar-refractivity contribution in [3.05, 3.63) is 63.6 Å². The average Bonchev–Trinajstić information content (AvgIpc) is 2.63. The van der Waals surface area contributed by atoms with E-state index in [1.165, 1.54) is 25.3 Å². The summed E-state index contributed by atoms with van der Waals surface area (Å²) in [7, 11) is 1.45. The lowest BCUT2D eigenvalue weighted by molar-refractivity contribution is -0.137. The number of nitriles is 1. The van der Waals surface area contributed by atoms with Gasteiger partial charge in [-0.15, -0.1) is 0 Å². The van der Waals surface area contributed by atoms with Crippen LogP contribution in [0.4, 0.5) is 5.69 Å². The summed E-state index contributed by atoms with van der Waals surface area (Å²) in [5, 5.41) is 15.5. The van der Waals surface area contributed by atoms with Crippen molar-refractivity contribution in [2.45, 2.75) is 6.92 Å². The topological polar surface area (TPSA) is 114 Å². The molecule has 0 aliphatic heterocycles. The number of esters is 1. The van der Waals surface area contributed by atoms with Crippen molar-refractivity contribution in [3.8, 4) is 6.07 Å². The summed E-state index contributed by atoms with van der Waals surface area (Å²) < 4.78 is 5.86. The minimum atomic E-state index is -0.687. The maximum absolute atomic E-state index is 12.1. The minimum absolute atomic E-state index is 0.102. The van der Waals surface area contributed by atoms with Crippen LogP contribution in [0.25, 0.3) is 6.08 Å². The predicted octanol–water partition coefficient (Wildman–Crippen LogP) is 1.50. The summed E-state index contributed by atoms with van der Waals surface area (Å²) in [6, 6.07) is 10.9. The maximum atomic E-state index is 12.1. The van der Waals surface area contributed by atoms with Gasteiger partial charge in [0.05, 0.1) is 6.61 Å². The Hall–Kier alpha value is -3.73. The molecule has 2 aromatic rings. The fraction of sp³-hybridized carbons (Fsp3) is 0.167. The number of hydrogen-bond donors (Lipinski definition) is 1. The highest BCUT2D eigenvalue weighted by atomic mass is 16.5. The number of anilines is 1. The SMILES string of the molecule is CCOC(=O)C(C#N)=Cc1ccc(NC(=O)c2ccc(=O)n(C)n2)cc1. The van der Waals surface area contributed by atoms with Gasteiger partial charge in [-0.3, -0.25) is 9.59 Å². The van der Waals surface area contributed by atoms with Gasteiger partial charge < -0.3 is 10.1 Å². The van der Waals surface area contributed by atoms with Gasteiger partial charge in [0.15, 0.2) is 0 Å². The van der Waals surface area contributed by atoms with E-state index in [9.17, 15) is 14.4 Å². The summed E-state index contributed by atoms with van der Waals surface area (Å²) in [4.78, 5) is 35.0. The van der Waals surface area contributed by atoms with Crippen LogP contribution in [0.1, 0.15) is 23.0 Å². The van der Waals surface area contributed by atoms with Crippen molar-refractivity contribution >= 4 is 23.6 Å². The molecule has 8 nitrogen and oxygen atoms in total. The fourth-order valence-corrected chi connectivity index (χ4v) is 1.99. The molecule has 1 N–H and O–H groups in total. The molecule has 0 bridgehead atoms. The van der Waals surface area contributed by atoms with Gasteiger partial charge in [-0.25, -0.2) is 9.48 Å². The Morgan fingerprint density at radius 3 is 2.54 bits per heavy atom. The van der Waals surface area contributed by atoms with Gasteiger partial charge in [0.2, 0.25) is 0 Å². The van der Waals surface area contributed by atoms with Gasteiger partial charge in [0.1, 0.15) is 17.3 Å². The molecule has 0 atom stereocenters. The van der Waals surface area contributed by atoms with Crippen molar-refractivity contribution in [2.75, 3.05) is 11.9 Å². The second-order valence-electron chi connectivity index (χ2n) is 5.15. The molecule has 0 aliphatic carbocycles. The highest BCUT2D eigenvalue weighted by Gasteiger charge is 2.11. The van der Waals surface area contributed by atoms with Crippen molar-refractivity contribution in [2.24, 2.45) is 7.05 Å². The third-order valence-corrected chi connectivity index (χ3v) is 3.29. The summed E-state index contributed by atoms with van der Waals surface area (Å²) >= 11 is 0. The number of hydrogen-bond acceptors (Lipinski definition) is 6. The van der Waals surface area contributed by atoms with E-state index >= 15 is 0 Å². The van der Waals surface area contributed by atoms with Crippen LogP contribution in [0.3, 0.4) is 0 Å². The van der Waals surface area contributed by atoms with E-state index in [2.05, 4.69) is 10.4 Å². The van der Waals surface area contributed by atoms with E-state index in [-0.39, 0.29) is 23.4 Å². The normalized spacial score (nSPS) is 10.7. The van der Waals surface area contributed by atoms with Gasteiger partial charge in [-0.2, -0.15) is 10.4 Å². The van der Waals surface area contributed by atoms with Crippen LogP contribution in [0, 0.1) is 11.3 Å². The third-order valence-electron chi connectivity index (χ3n) is 3.29. The Kier molecular flexibility index (Phi) is 6.01. The van der Waals surface area contributed by atoms with Crippen LogP contribution in [0.15, 0.2) is 46.8 Å². The van der Waals surface area contributed by atoms with Crippen molar-refractivity contribution in [3.63, 3.8) is 0 Å². The Labute approximate surface area is 149 Å². The summed E-state index contributed by atoms with van der Waals surface area (Å²) in [6.45, 7) is 1.84. The molecule has 0 saturated carbocycles. The zero-order valence-corrected chi connectivity index (χ0v) is 14.2. The first-order valence-corrected chi connectivity index (χ1v) is 7.69. The van der Waals surface area contributed by atoms with Crippen LogP contribution in [-0.4, -0.2) is 28.3 Å². The number of amides is 1. The molecule has 0 fully saturated rings. The van der Waals surface area contributed by atoms with E-state index < -0.39 is 11.9 Å². The van der Waals surface area contributed by atoms with E-state index in [0.29, 0.717) is 11.3 Å². The smallest absolute Gasteiger partial charge is 0.348 e. The van der Waals surface area contributed by atoms with Crippen molar-refractivity contribution in [1.29, 1.82) is 5.26 Å². The number of rotatable bonds is 5. The fourth-order valence-electron chi connectivity index (χ4n) is 1.99. The number of aromatic nitrogens is 2. The monoisotopic (exact) mass is 352 g/mol. The molecule has 8 heteroatoms. The molecule has 0 aliphatic rings. The molecule has 2 rings (SSSR count). The van der Waals surface area contributed by atoms with Gasteiger partial charge in [0.25, 0.3) is 11.5 Å². The summed E-state index contributed by atoms with van der Waals surface area (Å²) in [5.41, 5.74) is 0.779. The van der Waals surface area contributed by atoms with E-state index in [1.54, 1.807) is 37.3 Å². The lowest BCUT2D eigenvalue weighted by Gasteiger charge is -2.06. The highest BCUT2D eigenvalue weighted by molar-refractivity contribution is 6.02. The number of carbonyl (C=O) groups is 2. The summed E-state index contributed by atoms with van der Waals surface area (Å²) in [6.07, 6.45) is 1.40. The molecule has 132 valence electrons. The second kappa shape index (κ2) is 8.39. The first-order chi connectivity index (χ1) is 12.4. The molecule has 1 amide bonds. The Balaban J connectivity index is 2.13. The number of ether oxygens (including phenoxy) is 1. The van der Waals surface area contributed by atoms with Gasteiger partial charge in [-0.05, 0) is 36.8 Å². The number of nitrogens with one attached hydrogen (secondary N) is 1. The number of benzene rings is 1. The molecule has 0 unspecified atom stereocenters. The Morgan fingerprint density at radius 1 is 1.27 bits per heavy atom. The van der Waals surface area contributed by atoms with Crippen LogP contribution in [0.2, 0.25) is 0 Å². The van der Waals surface area contributed by atoms with Crippen molar-refractivity contribution in [1.82, 2.24) is 9.78 Å². The Bertz CT molecular complexity index is 952. The Morgan fingerprint density at radius 2 is 1.96 bits per heavy atom. The lowest BCUT2D eigenvalue weighted by atomic mass is 10.1. The number of nitrogens with zero attached hydrogens (tertiary/aromatic N) is 3. The average molecular weight is 352 g/mol. The van der Waals surface area contributed by atoms with Gasteiger partial charge >= 0.3 is 5.97 Å². The quantitative estimate of drug-likeness (QED) is 0.495. The first kappa shape index (κ1) is 18.6. The predicted molar refractivity (Wildman–Crippen MR) is 94.1 cm³/mol. The molecule has 0 spiro atoms. The first-order valence-electron chi connectivity index (χ1n) is 7.69. The van der Waals surface area contributed by atoms with Gasteiger partial charge in [-0.1, -0.05) is 12.1 Å². The molecule has 1 heterocycles. The number of aryl methyl sites for hydroxylation is 1. The van der Waals surface area contributed by atoms with Gasteiger partial charge in [0, 0.05) is 18.8 Å². The standard InChI is InChI=1S/C18H16N4O4/c1-3-26-18(25)13(11-19)10-12-4-6-14(7-5-12)20-17(24)15-8-9-16(23)22(2)21-15/h4-10H,3H2,1-2H3,(H,20,24). The minimum Gasteiger partial charge on any atom is -0.462 e. The van der Waals surface area contributed by atoms with E-state index in [1.807, 2.05) is 0 Å². The zero-order chi connectivity index (χ0) is 19.1. The maximum Gasteiger partial charge on any atom is 0.348 e. The molecule has 1 aromatic heterocycles. The molecule has 26 heavy (non-hydrogen) atoms. The molecule has 0 saturated heterocycles. The zero-order valence-electron chi connectivity index (χ0n) is 14.2. The summed E-state index contributed by atoms with van der Waals surface area (Å²) in [5.74, 6) is -1.15. The third kappa shape index (κ3) is 4.64.